The SMILES string of the molecule is CCCc1ccc(-c2ccc(OC(F)(F)c3ccc(C)c(C(F)F)c3F)cc2)cc1. The molecule has 0 spiro atoms. The second-order valence-corrected chi connectivity index (χ2v) is 7.05. The van der Waals surface area contributed by atoms with Crippen LogP contribution >= 0.6 is 0 Å². The van der Waals surface area contributed by atoms with E-state index in [1.165, 1.54) is 24.6 Å². The van der Waals surface area contributed by atoms with Gasteiger partial charge in [-0.1, -0.05) is 55.8 Å². The molecular formula is C24H21F5O. The quantitative estimate of drug-likeness (QED) is 0.354. The molecule has 0 fully saturated rings. The summed E-state index contributed by atoms with van der Waals surface area (Å²) >= 11 is 0. The Bertz CT molecular complexity index is 995. The Hall–Kier alpha value is -2.89. The number of rotatable bonds is 7. The zero-order valence-corrected chi connectivity index (χ0v) is 16.6. The third-order valence-electron chi connectivity index (χ3n) is 4.86. The Balaban J connectivity index is 1.81. The molecule has 3 aromatic rings. The lowest BCUT2D eigenvalue weighted by molar-refractivity contribution is -0.187. The Kier molecular flexibility index (Phi) is 6.44. The van der Waals surface area contributed by atoms with E-state index >= 15 is 0 Å². The van der Waals surface area contributed by atoms with E-state index in [-0.39, 0.29) is 11.3 Å². The number of ether oxygens (including phenoxy) is 1. The van der Waals surface area contributed by atoms with Crippen LogP contribution < -0.4 is 4.74 Å². The first-order chi connectivity index (χ1) is 14.2. The predicted molar refractivity (Wildman–Crippen MR) is 106 cm³/mol. The molecule has 0 radical (unpaired) electrons. The van der Waals surface area contributed by atoms with Crippen LogP contribution in [0.1, 0.15) is 42.0 Å². The highest BCUT2D eigenvalue weighted by atomic mass is 19.3. The zero-order valence-electron chi connectivity index (χ0n) is 16.6. The summed E-state index contributed by atoms with van der Waals surface area (Å²) in [5, 5.41) is 0. The Morgan fingerprint density at radius 3 is 1.97 bits per heavy atom. The fraction of sp³-hybridized carbons (Fsp3) is 0.250. The normalized spacial score (nSPS) is 11.7. The van der Waals surface area contributed by atoms with Crippen LogP contribution in [-0.4, -0.2) is 0 Å². The fourth-order valence-electron chi connectivity index (χ4n) is 3.25. The Labute approximate surface area is 172 Å². The van der Waals surface area contributed by atoms with Crippen LogP contribution in [0.25, 0.3) is 11.1 Å². The second-order valence-electron chi connectivity index (χ2n) is 7.05. The molecule has 0 saturated carbocycles. The highest BCUT2D eigenvalue weighted by Crippen LogP contribution is 2.37. The first kappa shape index (κ1) is 21.8. The molecule has 0 N–H and O–H groups in total. The van der Waals surface area contributed by atoms with Gasteiger partial charge in [0.2, 0.25) is 0 Å². The number of hydrogen-bond donors (Lipinski definition) is 0. The van der Waals surface area contributed by atoms with Gasteiger partial charge < -0.3 is 4.74 Å². The number of halogens is 5. The molecule has 0 aliphatic heterocycles. The molecule has 158 valence electrons. The molecule has 3 rings (SSSR count). The lowest BCUT2D eigenvalue weighted by atomic mass is 10.0. The minimum absolute atomic E-state index is 0.101. The van der Waals surface area contributed by atoms with Crippen molar-refractivity contribution >= 4 is 0 Å². The summed E-state index contributed by atoms with van der Waals surface area (Å²) in [5.74, 6) is -1.86. The van der Waals surface area contributed by atoms with E-state index in [0.717, 1.165) is 36.1 Å². The van der Waals surface area contributed by atoms with Gasteiger partial charge in [-0.3, -0.25) is 0 Å². The summed E-state index contributed by atoms with van der Waals surface area (Å²) < 4.78 is 74.1. The molecule has 0 heterocycles. The van der Waals surface area contributed by atoms with E-state index in [2.05, 4.69) is 11.7 Å². The zero-order chi connectivity index (χ0) is 21.9. The van der Waals surface area contributed by atoms with Crippen LogP contribution in [0.15, 0.2) is 60.7 Å². The van der Waals surface area contributed by atoms with Gasteiger partial charge in [0.25, 0.3) is 6.43 Å². The minimum atomic E-state index is -4.11. The highest BCUT2D eigenvalue weighted by Gasteiger charge is 2.39. The van der Waals surface area contributed by atoms with Gasteiger partial charge in [-0.15, -0.1) is 0 Å². The largest absolute Gasteiger partial charge is 0.429 e. The molecular weight excluding hydrogens is 399 g/mol. The molecule has 3 aromatic carbocycles. The monoisotopic (exact) mass is 420 g/mol. The molecule has 0 unspecified atom stereocenters. The van der Waals surface area contributed by atoms with Gasteiger partial charge in [0.15, 0.2) is 0 Å². The number of aryl methyl sites for hydroxylation is 2. The third kappa shape index (κ3) is 4.64. The molecule has 6 heteroatoms. The van der Waals surface area contributed by atoms with Crippen LogP contribution in [0, 0.1) is 12.7 Å². The number of hydrogen-bond acceptors (Lipinski definition) is 1. The summed E-state index contributed by atoms with van der Waals surface area (Å²) in [5.41, 5.74) is 0.562. The van der Waals surface area contributed by atoms with Crippen LogP contribution in [-0.2, 0) is 12.5 Å². The number of benzene rings is 3. The van der Waals surface area contributed by atoms with Crippen LogP contribution in [0.4, 0.5) is 22.0 Å². The lowest BCUT2D eigenvalue weighted by Gasteiger charge is -2.20. The summed E-state index contributed by atoms with van der Waals surface area (Å²) in [4.78, 5) is 0. The van der Waals surface area contributed by atoms with E-state index in [4.69, 9.17) is 0 Å². The van der Waals surface area contributed by atoms with E-state index in [9.17, 15) is 22.0 Å². The van der Waals surface area contributed by atoms with Gasteiger partial charge in [-0.2, -0.15) is 8.78 Å². The highest BCUT2D eigenvalue weighted by molar-refractivity contribution is 5.64. The van der Waals surface area contributed by atoms with Crippen molar-refractivity contribution in [1.82, 2.24) is 0 Å². The maximum Gasteiger partial charge on any atom is 0.429 e. The third-order valence-corrected chi connectivity index (χ3v) is 4.86. The predicted octanol–water partition coefficient (Wildman–Crippen LogP) is 7.82. The average molecular weight is 420 g/mol. The van der Waals surface area contributed by atoms with Gasteiger partial charge in [-0.05, 0) is 53.8 Å². The van der Waals surface area contributed by atoms with Crippen molar-refractivity contribution in [2.45, 2.75) is 39.2 Å². The lowest BCUT2D eigenvalue weighted by Crippen LogP contribution is -2.24. The smallest absolute Gasteiger partial charge is 0.429 e. The molecule has 0 bridgehead atoms. The maximum atomic E-state index is 14.5. The summed E-state index contributed by atoms with van der Waals surface area (Å²) in [6, 6.07) is 15.6. The van der Waals surface area contributed by atoms with Crippen molar-refractivity contribution in [3.8, 4) is 16.9 Å². The van der Waals surface area contributed by atoms with E-state index in [1.54, 1.807) is 12.1 Å². The maximum absolute atomic E-state index is 14.5. The van der Waals surface area contributed by atoms with Crippen LogP contribution in [0.3, 0.4) is 0 Å². The summed E-state index contributed by atoms with van der Waals surface area (Å²) in [6.45, 7) is 3.33. The van der Waals surface area contributed by atoms with Crippen LogP contribution in [0.5, 0.6) is 5.75 Å². The topological polar surface area (TPSA) is 9.23 Å². The van der Waals surface area contributed by atoms with E-state index < -0.39 is 29.5 Å². The molecule has 0 saturated heterocycles. The van der Waals surface area contributed by atoms with Gasteiger partial charge in [0.05, 0.1) is 5.56 Å². The molecule has 0 aromatic heterocycles. The van der Waals surface area contributed by atoms with Gasteiger partial charge in [0.1, 0.15) is 17.1 Å². The first-order valence-corrected chi connectivity index (χ1v) is 9.56. The van der Waals surface area contributed by atoms with E-state index in [1.807, 2.05) is 24.3 Å². The van der Waals surface area contributed by atoms with Crippen molar-refractivity contribution in [2.24, 2.45) is 0 Å². The Morgan fingerprint density at radius 2 is 1.43 bits per heavy atom. The summed E-state index contributed by atoms with van der Waals surface area (Å²) in [7, 11) is 0. The van der Waals surface area contributed by atoms with Crippen molar-refractivity contribution in [3.63, 3.8) is 0 Å². The van der Waals surface area contributed by atoms with E-state index in [0.29, 0.717) is 0 Å². The molecule has 30 heavy (non-hydrogen) atoms. The molecule has 1 nitrogen and oxygen atoms in total. The molecule has 0 aliphatic rings. The Morgan fingerprint density at radius 1 is 0.867 bits per heavy atom. The number of alkyl halides is 4. The van der Waals surface area contributed by atoms with Gasteiger partial charge in [0, 0.05) is 0 Å². The first-order valence-electron chi connectivity index (χ1n) is 9.56. The van der Waals surface area contributed by atoms with Gasteiger partial charge >= 0.3 is 6.11 Å². The van der Waals surface area contributed by atoms with Crippen molar-refractivity contribution in [3.05, 3.63) is 88.7 Å². The van der Waals surface area contributed by atoms with Gasteiger partial charge in [-0.25, -0.2) is 13.2 Å². The fourth-order valence-corrected chi connectivity index (χ4v) is 3.25. The summed E-state index contributed by atoms with van der Waals surface area (Å²) in [6.07, 6.45) is -5.29. The standard InChI is InChI=1S/C24H21F5O/c1-3-4-16-6-8-17(9-7-16)18-10-12-19(13-11-18)30-24(28,29)20-14-5-15(2)21(22(20)25)23(26)27/h5-14,23H,3-4H2,1-2H3. The molecule has 0 aliphatic carbocycles. The van der Waals surface area contributed by atoms with Crippen molar-refractivity contribution < 1.29 is 26.7 Å². The molecule has 0 atom stereocenters. The average Bonchev–Trinajstić information content (AvgIpc) is 2.69. The van der Waals surface area contributed by atoms with Crippen LogP contribution in [0.2, 0.25) is 0 Å². The second kappa shape index (κ2) is 8.86. The van der Waals surface area contributed by atoms with Crippen molar-refractivity contribution in [2.75, 3.05) is 0 Å². The van der Waals surface area contributed by atoms with Crippen molar-refractivity contribution in [1.29, 1.82) is 0 Å². The molecule has 0 amide bonds. The minimum Gasteiger partial charge on any atom is -0.429 e.